The molecule has 156 valence electrons. The third-order valence-corrected chi connectivity index (χ3v) is 6.87. The van der Waals surface area contributed by atoms with E-state index in [1.165, 1.54) is 11.8 Å². The Kier molecular flexibility index (Phi) is 5.47. The van der Waals surface area contributed by atoms with Gasteiger partial charge in [-0.1, -0.05) is 47.6 Å². The van der Waals surface area contributed by atoms with Gasteiger partial charge in [-0.05, 0) is 30.7 Å². The van der Waals surface area contributed by atoms with Gasteiger partial charge in [0.05, 0.1) is 32.6 Å². The number of nitrogens with zero attached hydrogens (tertiary/aromatic N) is 1. The van der Waals surface area contributed by atoms with Gasteiger partial charge >= 0.3 is 0 Å². The second-order valence-corrected chi connectivity index (χ2v) is 8.61. The summed E-state index contributed by atoms with van der Waals surface area (Å²) in [6, 6.07) is 9.45. The van der Waals surface area contributed by atoms with Crippen LogP contribution in [0.1, 0.15) is 18.1 Å². The molecule has 2 aromatic carbocycles. The number of halogens is 1. The summed E-state index contributed by atoms with van der Waals surface area (Å²) in [6.07, 6.45) is 5.97. The lowest BCUT2D eigenvalue weighted by atomic mass is 9.97. The van der Waals surface area contributed by atoms with E-state index in [1.807, 2.05) is 55.5 Å². The van der Waals surface area contributed by atoms with E-state index in [4.69, 9.17) is 25.8 Å². The van der Waals surface area contributed by atoms with Gasteiger partial charge < -0.3 is 19.1 Å². The Labute approximate surface area is 185 Å². The molecule has 0 N–H and O–H groups in total. The van der Waals surface area contributed by atoms with E-state index in [0.717, 1.165) is 21.7 Å². The molecule has 30 heavy (non-hydrogen) atoms. The topological polar surface area (TPSA) is 48.0 Å². The number of hydrogen-bond acceptors (Lipinski definition) is 5. The zero-order chi connectivity index (χ0) is 21.5. The number of allylic oxidation sites excluding steroid dienone is 1. The van der Waals surface area contributed by atoms with Gasteiger partial charge in [-0.15, -0.1) is 0 Å². The van der Waals surface area contributed by atoms with Crippen molar-refractivity contribution < 1.29 is 19.0 Å². The van der Waals surface area contributed by atoms with E-state index in [-0.39, 0.29) is 5.91 Å². The Bertz CT molecular complexity index is 1060. The molecule has 2 aliphatic rings. The number of carbonyl (C=O) groups is 1. The molecule has 1 amide bonds. The average molecular weight is 444 g/mol. The molecule has 5 nitrogen and oxygen atoms in total. The van der Waals surface area contributed by atoms with E-state index in [2.05, 4.69) is 0 Å². The van der Waals surface area contributed by atoms with Gasteiger partial charge in [0.25, 0.3) is 5.91 Å². The Morgan fingerprint density at radius 2 is 1.80 bits per heavy atom. The van der Waals surface area contributed by atoms with Crippen LogP contribution in [0.25, 0.3) is 6.08 Å². The Morgan fingerprint density at radius 3 is 2.40 bits per heavy atom. The zero-order valence-corrected chi connectivity index (χ0v) is 18.8. The maximum Gasteiger partial charge on any atom is 0.252 e. The van der Waals surface area contributed by atoms with Crippen LogP contribution in [-0.4, -0.2) is 33.8 Å². The fourth-order valence-electron chi connectivity index (χ4n) is 3.95. The number of anilines is 1. The summed E-state index contributed by atoms with van der Waals surface area (Å²) in [5.74, 6) is 1.52. The molecule has 0 bridgehead atoms. The Balaban J connectivity index is 1.86. The van der Waals surface area contributed by atoms with Crippen LogP contribution < -0.4 is 19.1 Å². The highest BCUT2D eigenvalue weighted by atomic mass is 35.5. The Hall–Kier alpha value is -2.57. The summed E-state index contributed by atoms with van der Waals surface area (Å²) in [5.41, 5.74) is 2.58. The van der Waals surface area contributed by atoms with E-state index in [1.54, 1.807) is 26.2 Å². The normalized spacial score (nSPS) is 20.9. The van der Waals surface area contributed by atoms with Crippen LogP contribution in [-0.2, 0) is 9.54 Å². The van der Waals surface area contributed by atoms with E-state index < -0.39 is 4.75 Å². The number of fused-ring (bicyclic) bond motifs is 2. The van der Waals surface area contributed by atoms with Crippen LogP contribution in [0.4, 0.5) is 5.69 Å². The van der Waals surface area contributed by atoms with E-state index >= 15 is 0 Å². The largest absolute Gasteiger partial charge is 0.493 e. The molecule has 1 atom stereocenters. The average Bonchev–Trinajstić information content (AvgIpc) is 3.28. The molecular formula is C23H22ClNO4S. The van der Waals surface area contributed by atoms with Crippen LogP contribution in [0, 0.1) is 0 Å². The first kappa shape index (κ1) is 20.7. The third-order valence-electron chi connectivity index (χ3n) is 5.29. The molecule has 2 aliphatic heterocycles. The van der Waals surface area contributed by atoms with Gasteiger partial charge in [0.2, 0.25) is 5.75 Å². The number of hydrogen-bond donors (Lipinski definition) is 0. The smallest absolute Gasteiger partial charge is 0.252 e. The van der Waals surface area contributed by atoms with Crippen molar-refractivity contribution >= 4 is 41.0 Å². The maximum atomic E-state index is 13.6. The number of likely N-dealkylation sites (N-methyl/N-ethyl adjacent to an activating group) is 1. The molecule has 0 saturated carbocycles. The highest BCUT2D eigenvalue weighted by Crippen LogP contribution is 2.62. The van der Waals surface area contributed by atoms with Crippen molar-refractivity contribution in [3.8, 4) is 17.2 Å². The summed E-state index contributed by atoms with van der Waals surface area (Å²) >= 11 is 7.50. The first-order valence-electron chi connectivity index (χ1n) is 9.50. The SMILES string of the molecule is CCN1C(=O)C2(C=C/C(=C/c3ccc(Cl)cc3)S2)c2c1cc(OC)c(OC)c2OC. The standard InChI is InChI=1S/C23H22ClNO4S/c1-5-25-17-13-18(27-2)20(28-3)21(29-4)19(17)23(22(25)26)11-10-16(30-23)12-14-6-8-15(24)9-7-14/h6-13H,5H2,1-4H3/b16-12-. The van der Waals surface area contributed by atoms with Gasteiger partial charge in [0, 0.05) is 22.5 Å². The number of benzene rings is 2. The second-order valence-electron chi connectivity index (χ2n) is 6.86. The van der Waals surface area contributed by atoms with Crippen molar-refractivity contribution in [2.75, 3.05) is 32.8 Å². The zero-order valence-electron chi connectivity index (χ0n) is 17.2. The first-order chi connectivity index (χ1) is 14.5. The molecule has 2 aromatic rings. The lowest BCUT2D eigenvalue weighted by molar-refractivity contribution is -0.119. The van der Waals surface area contributed by atoms with E-state index in [0.29, 0.717) is 28.8 Å². The van der Waals surface area contributed by atoms with Gasteiger partial charge in [0.1, 0.15) is 4.75 Å². The summed E-state index contributed by atoms with van der Waals surface area (Å²) in [5, 5.41) is 0.688. The highest BCUT2D eigenvalue weighted by Gasteiger charge is 2.55. The van der Waals surface area contributed by atoms with Crippen molar-refractivity contribution in [3.63, 3.8) is 0 Å². The fourth-order valence-corrected chi connectivity index (χ4v) is 5.41. The Morgan fingerprint density at radius 1 is 1.10 bits per heavy atom. The molecule has 0 aliphatic carbocycles. The second kappa shape index (κ2) is 7.93. The number of ether oxygens (including phenoxy) is 3. The quantitative estimate of drug-likeness (QED) is 0.629. The van der Waals surface area contributed by atoms with Gasteiger partial charge in [-0.25, -0.2) is 0 Å². The van der Waals surface area contributed by atoms with Crippen LogP contribution in [0.3, 0.4) is 0 Å². The lowest BCUT2D eigenvalue weighted by Crippen LogP contribution is -2.35. The van der Waals surface area contributed by atoms with Gasteiger partial charge in [-0.2, -0.15) is 0 Å². The van der Waals surface area contributed by atoms with Crippen molar-refractivity contribution in [1.82, 2.24) is 0 Å². The van der Waals surface area contributed by atoms with Crippen molar-refractivity contribution in [3.05, 3.63) is 63.5 Å². The summed E-state index contributed by atoms with van der Waals surface area (Å²) in [4.78, 5) is 16.3. The minimum atomic E-state index is -0.908. The third kappa shape index (κ3) is 3.06. The molecule has 2 heterocycles. The van der Waals surface area contributed by atoms with Gasteiger partial charge in [-0.3, -0.25) is 4.79 Å². The van der Waals surface area contributed by atoms with Gasteiger partial charge in [0.15, 0.2) is 11.5 Å². The molecule has 1 spiro atoms. The molecule has 0 aromatic heterocycles. The number of carbonyl (C=O) groups excluding carboxylic acids is 1. The number of methoxy groups -OCH3 is 3. The molecule has 1 unspecified atom stereocenters. The minimum absolute atomic E-state index is 0.00522. The molecular weight excluding hydrogens is 422 g/mol. The van der Waals surface area contributed by atoms with Crippen molar-refractivity contribution in [1.29, 1.82) is 0 Å². The monoisotopic (exact) mass is 443 g/mol. The van der Waals surface area contributed by atoms with Crippen LogP contribution in [0.5, 0.6) is 17.2 Å². The predicted molar refractivity (Wildman–Crippen MR) is 122 cm³/mol. The molecule has 7 heteroatoms. The predicted octanol–water partition coefficient (Wildman–Crippen LogP) is 5.27. The summed E-state index contributed by atoms with van der Waals surface area (Å²) in [7, 11) is 4.72. The molecule has 0 radical (unpaired) electrons. The molecule has 4 rings (SSSR count). The van der Waals surface area contributed by atoms with Crippen LogP contribution in [0.15, 0.2) is 47.4 Å². The van der Waals surface area contributed by atoms with Crippen molar-refractivity contribution in [2.45, 2.75) is 11.7 Å². The summed E-state index contributed by atoms with van der Waals surface area (Å²) in [6.45, 7) is 2.49. The number of thioether (sulfide) groups is 1. The van der Waals surface area contributed by atoms with Crippen LogP contribution in [0.2, 0.25) is 5.02 Å². The fraction of sp³-hybridized carbons (Fsp3) is 0.261. The minimum Gasteiger partial charge on any atom is -0.493 e. The van der Waals surface area contributed by atoms with Crippen LogP contribution >= 0.6 is 23.4 Å². The molecule has 0 fully saturated rings. The van der Waals surface area contributed by atoms with E-state index in [9.17, 15) is 4.79 Å². The summed E-state index contributed by atoms with van der Waals surface area (Å²) < 4.78 is 15.9. The first-order valence-corrected chi connectivity index (χ1v) is 10.7. The maximum absolute atomic E-state index is 13.6. The lowest BCUT2D eigenvalue weighted by Gasteiger charge is -2.23. The van der Waals surface area contributed by atoms with Crippen molar-refractivity contribution in [2.24, 2.45) is 0 Å². The number of rotatable bonds is 5. The number of amides is 1. The highest BCUT2D eigenvalue weighted by molar-refractivity contribution is 8.05. The molecule has 0 saturated heterocycles.